The first kappa shape index (κ1) is 11.0. The predicted octanol–water partition coefficient (Wildman–Crippen LogP) is 1.74. The van der Waals surface area contributed by atoms with Gasteiger partial charge in [0.2, 0.25) is 0 Å². The SMILES string of the molecule is C1=CCC(C2NNC(C3=CCCC=C3)N2)C=C1. The van der Waals surface area contributed by atoms with Gasteiger partial charge in [-0.1, -0.05) is 42.5 Å². The maximum absolute atomic E-state index is 3.60. The first-order chi connectivity index (χ1) is 8.43. The van der Waals surface area contributed by atoms with Gasteiger partial charge in [0, 0.05) is 5.92 Å². The first-order valence-electron chi connectivity index (χ1n) is 6.40. The molecule has 90 valence electrons. The van der Waals surface area contributed by atoms with Crippen molar-refractivity contribution >= 4 is 0 Å². The smallest absolute Gasteiger partial charge is 0.0973 e. The Morgan fingerprint density at radius 3 is 2.82 bits per heavy atom. The van der Waals surface area contributed by atoms with Gasteiger partial charge in [0.05, 0.1) is 12.3 Å². The molecular weight excluding hydrogens is 210 g/mol. The van der Waals surface area contributed by atoms with E-state index in [2.05, 4.69) is 58.7 Å². The number of hydrogen-bond donors (Lipinski definition) is 3. The monoisotopic (exact) mass is 229 g/mol. The third-order valence-electron chi connectivity index (χ3n) is 3.53. The lowest BCUT2D eigenvalue weighted by Gasteiger charge is -2.21. The van der Waals surface area contributed by atoms with Crippen LogP contribution in [0.15, 0.2) is 48.1 Å². The number of hydrazine groups is 1. The van der Waals surface area contributed by atoms with Crippen LogP contribution < -0.4 is 16.2 Å². The highest BCUT2D eigenvalue weighted by Crippen LogP contribution is 2.19. The van der Waals surface area contributed by atoms with E-state index < -0.39 is 0 Å². The minimum Gasteiger partial charge on any atom is -0.280 e. The van der Waals surface area contributed by atoms with Crippen molar-refractivity contribution in [3.05, 3.63) is 48.1 Å². The molecule has 3 nitrogen and oxygen atoms in total. The predicted molar refractivity (Wildman–Crippen MR) is 69.8 cm³/mol. The van der Waals surface area contributed by atoms with Crippen molar-refractivity contribution in [1.82, 2.24) is 16.2 Å². The van der Waals surface area contributed by atoms with E-state index in [0.717, 1.165) is 12.8 Å². The van der Waals surface area contributed by atoms with Crippen molar-refractivity contribution < 1.29 is 0 Å². The maximum atomic E-state index is 3.60. The molecule has 3 heteroatoms. The molecule has 1 saturated heterocycles. The molecule has 3 rings (SSSR count). The Hall–Kier alpha value is -1.16. The van der Waals surface area contributed by atoms with Crippen molar-refractivity contribution in [1.29, 1.82) is 0 Å². The molecule has 2 aliphatic carbocycles. The largest absolute Gasteiger partial charge is 0.280 e. The molecular formula is C14H19N3. The Labute approximate surface area is 102 Å². The van der Waals surface area contributed by atoms with Crippen LogP contribution in [0, 0.1) is 5.92 Å². The van der Waals surface area contributed by atoms with Crippen LogP contribution in [0.2, 0.25) is 0 Å². The molecule has 3 unspecified atom stereocenters. The summed E-state index contributed by atoms with van der Waals surface area (Å²) in [7, 11) is 0. The van der Waals surface area contributed by atoms with Crippen LogP contribution in [0.3, 0.4) is 0 Å². The van der Waals surface area contributed by atoms with E-state index in [4.69, 9.17) is 0 Å². The maximum Gasteiger partial charge on any atom is 0.0973 e. The molecule has 0 aromatic rings. The fourth-order valence-corrected chi connectivity index (χ4v) is 2.54. The standard InChI is InChI=1S/C14H19N3/c1-3-7-11(8-4-1)13-15-14(17-16-13)12-9-5-2-6-10-12/h1,3-5,7,9-11,13-17H,2,6,8H2. The number of nitrogens with one attached hydrogen (secondary N) is 3. The fourth-order valence-electron chi connectivity index (χ4n) is 2.54. The van der Waals surface area contributed by atoms with E-state index in [1.54, 1.807) is 0 Å². The lowest BCUT2D eigenvalue weighted by molar-refractivity contribution is 0.409. The topological polar surface area (TPSA) is 36.1 Å². The molecule has 3 aliphatic rings. The average molecular weight is 229 g/mol. The summed E-state index contributed by atoms with van der Waals surface area (Å²) in [6.07, 6.45) is 19.5. The summed E-state index contributed by atoms with van der Waals surface area (Å²) in [6.45, 7) is 0. The van der Waals surface area contributed by atoms with Gasteiger partial charge in [-0.3, -0.25) is 5.32 Å². The van der Waals surface area contributed by atoms with Gasteiger partial charge in [0.15, 0.2) is 0 Å². The fraction of sp³-hybridized carbons (Fsp3) is 0.429. The lowest BCUT2D eigenvalue weighted by Crippen LogP contribution is -2.40. The molecule has 0 aromatic carbocycles. The first-order valence-corrected chi connectivity index (χ1v) is 6.40. The number of allylic oxidation sites excluding steroid dienone is 5. The van der Waals surface area contributed by atoms with E-state index in [0.29, 0.717) is 12.1 Å². The number of hydrogen-bond acceptors (Lipinski definition) is 3. The molecule has 0 amide bonds. The average Bonchev–Trinajstić information content (AvgIpc) is 2.90. The van der Waals surface area contributed by atoms with Crippen LogP contribution in [0.25, 0.3) is 0 Å². The van der Waals surface area contributed by atoms with Crippen molar-refractivity contribution in [3.63, 3.8) is 0 Å². The molecule has 0 bridgehead atoms. The lowest BCUT2D eigenvalue weighted by atomic mass is 9.97. The van der Waals surface area contributed by atoms with Crippen LogP contribution in [0.1, 0.15) is 19.3 Å². The molecule has 1 aliphatic heterocycles. The van der Waals surface area contributed by atoms with Crippen molar-refractivity contribution in [3.8, 4) is 0 Å². The summed E-state index contributed by atoms with van der Waals surface area (Å²) in [4.78, 5) is 0. The minimum absolute atomic E-state index is 0.246. The Balaban J connectivity index is 1.61. The summed E-state index contributed by atoms with van der Waals surface area (Å²) in [6, 6.07) is 0. The normalized spacial score (nSPS) is 36.2. The molecule has 1 fully saturated rings. The molecule has 3 N–H and O–H groups in total. The highest BCUT2D eigenvalue weighted by molar-refractivity contribution is 5.28. The second kappa shape index (κ2) is 5.00. The van der Waals surface area contributed by atoms with Crippen LogP contribution in [0.4, 0.5) is 0 Å². The van der Waals surface area contributed by atoms with Gasteiger partial charge >= 0.3 is 0 Å². The van der Waals surface area contributed by atoms with Gasteiger partial charge in [0.25, 0.3) is 0 Å². The van der Waals surface area contributed by atoms with Crippen LogP contribution in [-0.4, -0.2) is 12.3 Å². The zero-order valence-corrected chi connectivity index (χ0v) is 9.89. The molecule has 1 heterocycles. The summed E-state index contributed by atoms with van der Waals surface area (Å²) < 4.78 is 0. The van der Waals surface area contributed by atoms with Crippen LogP contribution >= 0.6 is 0 Å². The van der Waals surface area contributed by atoms with E-state index in [1.807, 2.05) is 0 Å². The summed E-state index contributed by atoms with van der Waals surface area (Å²) in [5.41, 5.74) is 8.04. The molecule has 17 heavy (non-hydrogen) atoms. The molecule has 0 aromatic heterocycles. The van der Waals surface area contributed by atoms with Crippen LogP contribution in [-0.2, 0) is 0 Å². The summed E-state index contributed by atoms with van der Waals surface area (Å²) in [5.74, 6) is 0.533. The van der Waals surface area contributed by atoms with E-state index in [1.165, 1.54) is 12.0 Å². The third kappa shape index (κ3) is 2.41. The highest BCUT2D eigenvalue weighted by atomic mass is 15.5. The van der Waals surface area contributed by atoms with Crippen molar-refractivity contribution in [2.24, 2.45) is 5.92 Å². The molecule has 0 spiro atoms. The van der Waals surface area contributed by atoms with E-state index >= 15 is 0 Å². The second-order valence-corrected chi connectivity index (χ2v) is 4.76. The molecule has 3 atom stereocenters. The van der Waals surface area contributed by atoms with Gasteiger partial charge in [-0.2, -0.15) is 0 Å². The van der Waals surface area contributed by atoms with Gasteiger partial charge in [-0.25, -0.2) is 10.9 Å². The van der Waals surface area contributed by atoms with Crippen molar-refractivity contribution in [2.45, 2.75) is 31.6 Å². The van der Waals surface area contributed by atoms with Gasteiger partial charge in [-0.05, 0) is 24.8 Å². The quantitative estimate of drug-likeness (QED) is 0.675. The van der Waals surface area contributed by atoms with Crippen molar-refractivity contribution in [2.75, 3.05) is 0 Å². The van der Waals surface area contributed by atoms with Gasteiger partial charge in [0.1, 0.15) is 0 Å². The molecule has 0 saturated carbocycles. The Kier molecular flexibility index (Phi) is 3.22. The minimum atomic E-state index is 0.246. The zero-order chi connectivity index (χ0) is 11.5. The Morgan fingerprint density at radius 2 is 2.06 bits per heavy atom. The number of rotatable bonds is 2. The second-order valence-electron chi connectivity index (χ2n) is 4.76. The summed E-state index contributed by atoms with van der Waals surface area (Å²) in [5, 5.41) is 3.60. The molecule has 0 radical (unpaired) electrons. The third-order valence-corrected chi connectivity index (χ3v) is 3.53. The van der Waals surface area contributed by atoms with E-state index in [9.17, 15) is 0 Å². The van der Waals surface area contributed by atoms with Gasteiger partial charge in [-0.15, -0.1) is 0 Å². The van der Waals surface area contributed by atoms with Gasteiger partial charge < -0.3 is 0 Å². The van der Waals surface area contributed by atoms with E-state index in [-0.39, 0.29) is 6.17 Å². The van der Waals surface area contributed by atoms with Crippen LogP contribution in [0.5, 0.6) is 0 Å². The highest BCUT2D eigenvalue weighted by Gasteiger charge is 2.29. The Morgan fingerprint density at radius 1 is 1.06 bits per heavy atom. The summed E-state index contributed by atoms with van der Waals surface area (Å²) >= 11 is 0. The Bertz CT molecular complexity index is 392. The zero-order valence-electron chi connectivity index (χ0n) is 9.89.